The molecule has 2 aromatic heterocycles. The largest absolute Gasteiger partial charge is 0.467 e. The fourth-order valence-electron chi connectivity index (χ4n) is 1.99. The molecule has 0 aliphatic heterocycles. The van der Waals surface area contributed by atoms with Crippen LogP contribution in [0.25, 0.3) is 5.69 Å². The lowest BCUT2D eigenvalue weighted by molar-refractivity contribution is 0.513. The lowest BCUT2D eigenvalue weighted by Gasteiger charge is -2.04. The van der Waals surface area contributed by atoms with Crippen LogP contribution in [0.5, 0.6) is 0 Å². The number of aryl methyl sites for hydroxylation is 1. The van der Waals surface area contributed by atoms with Crippen LogP contribution in [0.4, 0.5) is 0 Å². The van der Waals surface area contributed by atoms with E-state index in [0.29, 0.717) is 0 Å². The number of alkyl halides is 1. The zero-order valence-electron chi connectivity index (χ0n) is 10.5. The van der Waals surface area contributed by atoms with Gasteiger partial charge in [0, 0.05) is 11.8 Å². The van der Waals surface area contributed by atoms with Crippen LogP contribution in [0.3, 0.4) is 0 Å². The highest BCUT2D eigenvalue weighted by Crippen LogP contribution is 2.31. The van der Waals surface area contributed by atoms with Crippen LogP contribution in [-0.4, -0.2) is 9.78 Å². The first kappa shape index (κ1) is 12.1. The van der Waals surface area contributed by atoms with Crippen LogP contribution in [0, 0.1) is 6.92 Å². The number of hydrogen-bond acceptors (Lipinski definition) is 2. The monoisotopic (exact) mass is 272 g/mol. The Morgan fingerprint density at radius 3 is 2.68 bits per heavy atom. The van der Waals surface area contributed by atoms with E-state index in [1.807, 2.05) is 54.2 Å². The van der Waals surface area contributed by atoms with Crippen molar-refractivity contribution in [3.8, 4) is 5.69 Å². The molecule has 0 spiro atoms. The summed E-state index contributed by atoms with van der Waals surface area (Å²) in [6, 6.07) is 11.8. The van der Waals surface area contributed by atoms with Crippen LogP contribution in [0.1, 0.15) is 22.3 Å². The van der Waals surface area contributed by atoms with Crippen LogP contribution >= 0.6 is 11.6 Å². The first-order valence-electron chi connectivity index (χ1n) is 6.04. The highest BCUT2D eigenvalue weighted by Gasteiger charge is 2.18. The molecule has 0 amide bonds. The molecule has 1 unspecified atom stereocenters. The van der Waals surface area contributed by atoms with Gasteiger partial charge in [-0.15, -0.1) is 11.6 Å². The summed E-state index contributed by atoms with van der Waals surface area (Å²) >= 11 is 6.43. The average Bonchev–Trinajstić information content (AvgIpc) is 3.08. The molecule has 96 valence electrons. The summed E-state index contributed by atoms with van der Waals surface area (Å²) in [6.07, 6.45) is 5.35. The molecule has 2 heterocycles. The van der Waals surface area contributed by atoms with Crippen LogP contribution in [-0.2, 0) is 0 Å². The predicted molar refractivity (Wildman–Crippen MR) is 74.7 cm³/mol. The van der Waals surface area contributed by atoms with Gasteiger partial charge in [-0.2, -0.15) is 5.10 Å². The van der Waals surface area contributed by atoms with Crippen molar-refractivity contribution < 1.29 is 4.42 Å². The molecule has 0 aliphatic carbocycles. The van der Waals surface area contributed by atoms with E-state index in [-0.39, 0.29) is 5.38 Å². The highest BCUT2D eigenvalue weighted by atomic mass is 35.5. The second-order valence-electron chi connectivity index (χ2n) is 4.38. The molecule has 19 heavy (non-hydrogen) atoms. The first-order valence-corrected chi connectivity index (χ1v) is 6.47. The summed E-state index contributed by atoms with van der Waals surface area (Å²) in [5, 5.41) is 4.03. The Balaban J connectivity index is 1.92. The summed E-state index contributed by atoms with van der Waals surface area (Å²) in [6.45, 7) is 1.98. The molecular weight excluding hydrogens is 260 g/mol. The zero-order valence-corrected chi connectivity index (χ0v) is 11.2. The van der Waals surface area contributed by atoms with E-state index in [9.17, 15) is 0 Å². The Labute approximate surface area is 116 Å². The third-order valence-electron chi connectivity index (χ3n) is 3.05. The number of aromatic nitrogens is 2. The molecule has 3 rings (SSSR count). The van der Waals surface area contributed by atoms with Crippen molar-refractivity contribution >= 4 is 11.6 Å². The van der Waals surface area contributed by atoms with Crippen molar-refractivity contribution in [1.29, 1.82) is 0 Å². The fourth-order valence-corrected chi connectivity index (χ4v) is 2.32. The number of benzene rings is 1. The topological polar surface area (TPSA) is 31.0 Å². The van der Waals surface area contributed by atoms with E-state index in [1.54, 1.807) is 12.5 Å². The van der Waals surface area contributed by atoms with E-state index in [1.165, 1.54) is 0 Å². The van der Waals surface area contributed by atoms with E-state index in [2.05, 4.69) is 5.10 Å². The molecule has 3 nitrogen and oxygen atoms in total. The molecule has 0 fully saturated rings. The molecule has 1 atom stereocenters. The highest BCUT2D eigenvalue weighted by molar-refractivity contribution is 6.22. The molecule has 0 N–H and O–H groups in total. The molecule has 0 aliphatic rings. The lowest BCUT2D eigenvalue weighted by atomic mass is 10.1. The standard InChI is InChI=1S/C15H13ClN2O/c1-11-7-8-19-15(11)14(16)12-9-17-18(10-12)13-5-3-2-4-6-13/h2-10,14H,1H3. The van der Waals surface area contributed by atoms with Crippen molar-refractivity contribution in [2.24, 2.45) is 0 Å². The Hall–Kier alpha value is -2.00. The smallest absolute Gasteiger partial charge is 0.129 e. The van der Waals surface area contributed by atoms with Gasteiger partial charge >= 0.3 is 0 Å². The van der Waals surface area contributed by atoms with E-state index >= 15 is 0 Å². The Morgan fingerprint density at radius 2 is 2.00 bits per heavy atom. The molecule has 0 radical (unpaired) electrons. The minimum absolute atomic E-state index is 0.313. The van der Waals surface area contributed by atoms with Crippen molar-refractivity contribution in [1.82, 2.24) is 9.78 Å². The number of rotatable bonds is 3. The van der Waals surface area contributed by atoms with Gasteiger partial charge in [0.1, 0.15) is 11.1 Å². The number of para-hydroxylation sites is 1. The summed E-state index contributed by atoms with van der Waals surface area (Å²) in [5.41, 5.74) is 2.98. The van der Waals surface area contributed by atoms with Crippen molar-refractivity contribution in [3.63, 3.8) is 0 Å². The maximum atomic E-state index is 6.43. The number of hydrogen-bond donors (Lipinski definition) is 0. The maximum Gasteiger partial charge on any atom is 0.129 e. The Bertz CT molecular complexity index is 672. The van der Waals surface area contributed by atoms with Gasteiger partial charge in [0.2, 0.25) is 0 Å². The molecule has 4 heteroatoms. The molecule has 0 bridgehead atoms. The van der Waals surface area contributed by atoms with E-state index in [4.69, 9.17) is 16.0 Å². The summed E-state index contributed by atoms with van der Waals surface area (Å²) in [7, 11) is 0. The fraction of sp³-hybridized carbons (Fsp3) is 0.133. The molecule has 1 aromatic carbocycles. The predicted octanol–water partition coefficient (Wildman–Crippen LogP) is 4.10. The second-order valence-corrected chi connectivity index (χ2v) is 4.82. The van der Waals surface area contributed by atoms with Gasteiger partial charge in [0.15, 0.2) is 0 Å². The third kappa shape index (κ3) is 2.29. The SMILES string of the molecule is Cc1ccoc1C(Cl)c1cnn(-c2ccccc2)c1. The number of halogens is 1. The van der Waals surface area contributed by atoms with Gasteiger partial charge < -0.3 is 4.42 Å². The summed E-state index contributed by atoms with van der Waals surface area (Å²) in [5.74, 6) is 0.772. The van der Waals surface area contributed by atoms with Crippen molar-refractivity contribution in [2.45, 2.75) is 12.3 Å². The molecule has 0 saturated heterocycles. The van der Waals surface area contributed by atoms with Gasteiger partial charge in [0.05, 0.1) is 18.1 Å². The first-order chi connectivity index (χ1) is 9.25. The van der Waals surface area contributed by atoms with Gasteiger partial charge in [-0.1, -0.05) is 18.2 Å². The van der Waals surface area contributed by atoms with Gasteiger partial charge in [0.25, 0.3) is 0 Å². The van der Waals surface area contributed by atoms with Gasteiger partial charge in [-0.25, -0.2) is 4.68 Å². The lowest BCUT2D eigenvalue weighted by Crippen LogP contribution is -1.94. The summed E-state index contributed by atoms with van der Waals surface area (Å²) in [4.78, 5) is 0. The minimum Gasteiger partial charge on any atom is -0.467 e. The average molecular weight is 273 g/mol. The van der Waals surface area contributed by atoms with Crippen molar-refractivity contribution in [3.05, 3.63) is 71.9 Å². The maximum absolute atomic E-state index is 6.43. The zero-order chi connectivity index (χ0) is 13.2. The van der Waals surface area contributed by atoms with E-state index < -0.39 is 0 Å². The summed E-state index contributed by atoms with van der Waals surface area (Å²) < 4.78 is 7.23. The number of nitrogens with zero attached hydrogens (tertiary/aromatic N) is 2. The van der Waals surface area contributed by atoms with Gasteiger partial charge in [-0.3, -0.25) is 0 Å². The second kappa shape index (κ2) is 4.94. The Morgan fingerprint density at radius 1 is 1.21 bits per heavy atom. The molecular formula is C15H13ClN2O. The molecule has 0 saturated carbocycles. The molecule has 3 aromatic rings. The number of furan rings is 1. The normalized spacial score (nSPS) is 12.5. The van der Waals surface area contributed by atoms with Crippen molar-refractivity contribution in [2.75, 3.05) is 0 Å². The van der Waals surface area contributed by atoms with E-state index in [0.717, 1.165) is 22.6 Å². The minimum atomic E-state index is -0.313. The third-order valence-corrected chi connectivity index (χ3v) is 3.50. The van der Waals surface area contributed by atoms with Gasteiger partial charge in [-0.05, 0) is 30.7 Å². The van der Waals surface area contributed by atoms with Crippen LogP contribution < -0.4 is 0 Å². The van der Waals surface area contributed by atoms with Crippen LogP contribution in [0.2, 0.25) is 0 Å². The Kier molecular flexibility index (Phi) is 3.13. The van der Waals surface area contributed by atoms with Crippen LogP contribution in [0.15, 0.2) is 59.5 Å². The quantitative estimate of drug-likeness (QED) is 0.672.